The number of nitrogens with one attached hydrogen (secondary N) is 2. The maximum Gasteiger partial charge on any atom is 0.329 e. The normalized spacial score (nSPS) is 19.3. The summed E-state index contributed by atoms with van der Waals surface area (Å²) in [7, 11) is 1.53. The molecule has 0 aromatic heterocycles. The molecule has 0 spiro atoms. The number of amides is 3. The van der Waals surface area contributed by atoms with Crippen LogP contribution in [0.2, 0.25) is 0 Å². The molecule has 1 fully saturated rings. The Morgan fingerprint density at radius 3 is 2.20 bits per heavy atom. The van der Waals surface area contributed by atoms with Gasteiger partial charge in [0.2, 0.25) is 11.8 Å². The number of carbonyl (C=O) groups excluding carboxylic acids is 5. The van der Waals surface area contributed by atoms with Crippen LogP contribution in [0.5, 0.6) is 5.75 Å². The molecule has 1 heterocycles. The quantitative estimate of drug-likeness (QED) is 0.270. The van der Waals surface area contributed by atoms with Gasteiger partial charge in [0.1, 0.15) is 11.8 Å². The number of likely N-dealkylation sites (tertiary alicyclic amines) is 1. The summed E-state index contributed by atoms with van der Waals surface area (Å²) >= 11 is 0. The summed E-state index contributed by atoms with van der Waals surface area (Å²) in [6.07, 6.45) is 1.50. The van der Waals surface area contributed by atoms with Crippen molar-refractivity contribution in [2.45, 2.75) is 69.4 Å². The van der Waals surface area contributed by atoms with Gasteiger partial charge in [-0.1, -0.05) is 66.7 Å². The third kappa shape index (κ3) is 7.66. The predicted molar refractivity (Wildman–Crippen MR) is 186 cm³/mol. The summed E-state index contributed by atoms with van der Waals surface area (Å²) < 4.78 is 15.6. The predicted octanol–water partition coefficient (Wildman–Crippen LogP) is 4.28. The first kappa shape index (κ1) is 36.1. The molecule has 0 radical (unpaired) electrons. The van der Waals surface area contributed by atoms with Gasteiger partial charge in [0.05, 0.1) is 43.6 Å². The summed E-state index contributed by atoms with van der Waals surface area (Å²) in [5.74, 6) is -2.04. The number of piperidine rings is 1. The molecule has 1 saturated heterocycles. The molecule has 3 aromatic carbocycles. The first-order valence-corrected chi connectivity index (χ1v) is 17.2. The molecule has 3 aromatic rings. The van der Waals surface area contributed by atoms with Crippen LogP contribution in [0.3, 0.4) is 0 Å². The van der Waals surface area contributed by atoms with Crippen molar-refractivity contribution >= 4 is 29.7 Å². The van der Waals surface area contributed by atoms with Gasteiger partial charge in [0.15, 0.2) is 0 Å². The van der Waals surface area contributed by atoms with E-state index >= 15 is 0 Å². The van der Waals surface area contributed by atoms with E-state index in [1.807, 2.05) is 65.6 Å². The lowest BCUT2D eigenvalue weighted by Gasteiger charge is -2.43. The molecule has 264 valence electrons. The second-order valence-corrected chi connectivity index (χ2v) is 12.5. The lowest BCUT2D eigenvalue weighted by molar-refractivity contribution is -0.153. The van der Waals surface area contributed by atoms with Crippen molar-refractivity contribution in [3.8, 4) is 5.75 Å². The molecule has 3 atom stereocenters. The maximum absolute atomic E-state index is 14.6. The molecule has 3 amide bonds. The molecule has 11 heteroatoms. The number of hydrogen-bond donors (Lipinski definition) is 2. The lowest BCUT2D eigenvalue weighted by atomic mass is 9.62. The number of fused-ring (bicyclic) bond motifs is 1. The Labute approximate surface area is 292 Å². The molecule has 5 rings (SSSR count). The molecule has 2 N–H and O–H groups in total. The fraction of sp³-hybridized carbons (Fsp3) is 0.410. The van der Waals surface area contributed by atoms with E-state index in [0.29, 0.717) is 54.8 Å². The Balaban J connectivity index is 1.37. The van der Waals surface area contributed by atoms with Crippen LogP contribution >= 0.6 is 0 Å². The minimum atomic E-state index is -1.25. The Kier molecular flexibility index (Phi) is 11.9. The fourth-order valence-electron chi connectivity index (χ4n) is 7.15. The van der Waals surface area contributed by atoms with Crippen LogP contribution in [0.15, 0.2) is 78.9 Å². The average Bonchev–Trinajstić information content (AvgIpc) is 3.14. The van der Waals surface area contributed by atoms with E-state index in [4.69, 9.17) is 14.2 Å². The minimum Gasteiger partial charge on any atom is -0.496 e. The second kappa shape index (κ2) is 16.5. The highest BCUT2D eigenvalue weighted by molar-refractivity contribution is 5.98. The summed E-state index contributed by atoms with van der Waals surface area (Å²) in [5.41, 5.74) is 1.34. The molecule has 11 nitrogen and oxygen atoms in total. The van der Waals surface area contributed by atoms with Crippen molar-refractivity contribution in [3.63, 3.8) is 0 Å². The number of nitrogens with zero attached hydrogens (tertiary/aromatic N) is 1. The van der Waals surface area contributed by atoms with Crippen LogP contribution in [0.1, 0.15) is 78.9 Å². The zero-order valence-electron chi connectivity index (χ0n) is 28.8. The molecular formula is C39H45N3O8. The van der Waals surface area contributed by atoms with Crippen molar-refractivity contribution in [3.05, 3.63) is 101 Å². The van der Waals surface area contributed by atoms with Gasteiger partial charge < -0.3 is 29.7 Å². The third-order valence-electron chi connectivity index (χ3n) is 9.60. The zero-order valence-corrected chi connectivity index (χ0v) is 28.8. The molecule has 50 heavy (non-hydrogen) atoms. The third-order valence-corrected chi connectivity index (χ3v) is 9.60. The van der Waals surface area contributed by atoms with Crippen LogP contribution < -0.4 is 15.4 Å². The van der Waals surface area contributed by atoms with Crippen LogP contribution in [0.4, 0.5) is 0 Å². The van der Waals surface area contributed by atoms with E-state index in [9.17, 15) is 24.0 Å². The van der Waals surface area contributed by atoms with Crippen molar-refractivity contribution in [2.24, 2.45) is 0 Å². The summed E-state index contributed by atoms with van der Waals surface area (Å²) in [5, 5.41) is 5.93. The second-order valence-electron chi connectivity index (χ2n) is 12.5. The minimum absolute atomic E-state index is 0.0271. The smallest absolute Gasteiger partial charge is 0.329 e. The van der Waals surface area contributed by atoms with E-state index in [1.54, 1.807) is 32.0 Å². The van der Waals surface area contributed by atoms with Gasteiger partial charge in [-0.05, 0) is 68.4 Å². The van der Waals surface area contributed by atoms with Crippen molar-refractivity contribution < 1.29 is 38.2 Å². The Morgan fingerprint density at radius 1 is 0.840 bits per heavy atom. The van der Waals surface area contributed by atoms with Gasteiger partial charge >= 0.3 is 11.9 Å². The van der Waals surface area contributed by atoms with E-state index in [1.165, 1.54) is 7.11 Å². The number of para-hydroxylation sites is 1. The highest BCUT2D eigenvalue weighted by atomic mass is 16.5. The summed E-state index contributed by atoms with van der Waals surface area (Å²) in [6, 6.07) is 22.5. The Morgan fingerprint density at radius 2 is 1.50 bits per heavy atom. The molecule has 0 saturated carbocycles. The standard InChI is InChI=1S/C39H45N3O8/c1-4-49-34(43)25-32(37(46)50-5-2)41-38(47)39(26-13-7-6-8-14-26)22-19-29(28-15-9-11-17-31(28)39)36(45)42-23-20-27(21-24-42)40-35(44)30-16-10-12-18-33(30)48-3/h6-18,27,29,32H,4-5,19-25H2,1-3H3,(H,40,44)(H,41,47)/t29-,32-,39+/m0/s1. The van der Waals surface area contributed by atoms with Crippen molar-refractivity contribution in [2.75, 3.05) is 33.4 Å². The van der Waals surface area contributed by atoms with Gasteiger partial charge in [-0.15, -0.1) is 0 Å². The van der Waals surface area contributed by atoms with E-state index in [2.05, 4.69) is 10.6 Å². The molecular weight excluding hydrogens is 638 g/mol. The monoisotopic (exact) mass is 683 g/mol. The van der Waals surface area contributed by atoms with Gasteiger partial charge in [0.25, 0.3) is 5.91 Å². The molecule has 0 bridgehead atoms. The Bertz CT molecular complexity index is 1690. The van der Waals surface area contributed by atoms with Gasteiger partial charge in [-0.25, -0.2) is 4.79 Å². The van der Waals surface area contributed by atoms with E-state index in [-0.39, 0.29) is 43.9 Å². The maximum atomic E-state index is 14.6. The first-order valence-electron chi connectivity index (χ1n) is 17.2. The average molecular weight is 684 g/mol. The molecule has 1 aliphatic carbocycles. The van der Waals surface area contributed by atoms with Crippen LogP contribution in [-0.2, 0) is 34.1 Å². The van der Waals surface area contributed by atoms with Gasteiger partial charge in [-0.2, -0.15) is 0 Å². The molecule has 2 aliphatic rings. The fourth-order valence-corrected chi connectivity index (χ4v) is 7.15. The Hall–Kier alpha value is -5.19. The van der Waals surface area contributed by atoms with E-state index < -0.39 is 35.2 Å². The van der Waals surface area contributed by atoms with Crippen LogP contribution in [0, 0.1) is 0 Å². The number of rotatable bonds is 12. The molecule has 1 aliphatic heterocycles. The van der Waals surface area contributed by atoms with Gasteiger partial charge in [-0.3, -0.25) is 19.2 Å². The van der Waals surface area contributed by atoms with Crippen LogP contribution in [-0.4, -0.2) is 80.1 Å². The van der Waals surface area contributed by atoms with Crippen LogP contribution in [0.25, 0.3) is 0 Å². The first-order chi connectivity index (χ1) is 24.2. The number of esters is 2. The molecule has 0 unspecified atom stereocenters. The highest BCUT2D eigenvalue weighted by Gasteiger charge is 2.50. The van der Waals surface area contributed by atoms with Gasteiger partial charge in [0, 0.05) is 19.1 Å². The van der Waals surface area contributed by atoms with Crippen molar-refractivity contribution in [1.82, 2.24) is 15.5 Å². The number of carbonyl (C=O) groups is 5. The highest BCUT2D eigenvalue weighted by Crippen LogP contribution is 2.48. The van der Waals surface area contributed by atoms with E-state index in [0.717, 1.165) is 5.56 Å². The largest absolute Gasteiger partial charge is 0.496 e. The summed E-state index contributed by atoms with van der Waals surface area (Å²) in [6.45, 7) is 4.49. The van der Waals surface area contributed by atoms with Crippen molar-refractivity contribution in [1.29, 1.82) is 0 Å². The number of benzene rings is 3. The number of ether oxygens (including phenoxy) is 3. The summed E-state index contributed by atoms with van der Waals surface area (Å²) in [4.78, 5) is 69.0. The zero-order chi connectivity index (χ0) is 35.7. The SMILES string of the molecule is CCOC(=O)C[C@H](NC(=O)[C@@]1(c2ccccc2)CC[C@H](C(=O)N2CCC(NC(=O)c3ccccc3OC)CC2)c2ccccc21)C(=O)OCC. The number of hydrogen-bond acceptors (Lipinski definition) is 8. The lowest BCUT2D eigenvalue weighted by Crippen LogP contribution is -2.54. The number of methoxy groups -OCH3 is 1. The topological polar surface area (TPSA) is 140 Å².